The average molecular weight is 216 g/mol. The molecule has 0 unspecified atom stereocenters. The molecule has 0 aromatic rings. The van der Waals surface area contributed by atoms with Crippen LogP contribution in [0.5, 0.6) is 0 Å². The fourth-order valence-electron chi connectivity index (χ4n) is 1.79. The molecule has 0 atom stereocenters. The lowest BCUT2D eigenvalue weighted by molar-refractivity contribution is 0.138. The lowest BCUT2D eigenvalue weighted by Gasteiger charge is -2.38. The number of nitrogens with zero attached hydrogens (tertiary/aromatic N) is 1. The maximum Gasteiger partial charge on any atom is 0.0299 e. The summed E-state index contributed by atoms with van der Waals surface area (Å²) in [5.41, 5.74) is 0. The van der Waals surface area contributed by atoms with Crippen LogP contribution in [0.2, 0.25) is 0 Å². The zero-order valence-electron chi connectivity index (χ0n) is 6.72. The molecule has 0 spiro atoms. The lowest BCUT2D eigenvalue weighted by atomic mass is 9.91. The largest absolute Gasteiger partial charge is 0.295 e. The Labute approximate surface area is 76.6 Å². The smallest absolute Gasteiger partial charge is 0.0299 e. The van der Waals surface area contributed by atoms with Crippen LogP contribution in [0.15, 0.2) is 10.6 Å². The van der Waals surface area contributed by atoms with Crippen LogP contribution in [0.25, 0.3) is 0 Å². The Morgan fingerprint density at radius 3 is 2.82 bits per heavy atom. The van der Waals surface area contributed by atoms with E-state index in [9.17, 15) is 0 Å². The van der Waals surface area contributed by atoms with Crippen molar-refractivity contribution in [2.24, 2.45) is 0 Å². The Morgan fingerprint density at radius 1 is 1.45 bits per heavy atom. The third-order valence-electron chi connectivity index (χ3n) is 2.73. The Bertz CT molecular complexity index is 172. The third-order valence-corrected chi connectivity index (χ3v) is 3.30. The highest BCUT2D eigenvalue weighted by Crippen LogP contribution is 2.28. The molecule has 0 saturated heterocycles. The molecular formula is C9H14BrN. The molecule has 62 valence electrons. The Kier molecular flexibility index (Phi) is 2.33. The highest BCUT2D eigenvalue weighted by Gasteiger charge is 2.25. The van der Waals surface area contributed by atoms with E-state index >= 15 is 0 Å². The molecule has 1 nitrogen and oxygen atoms in total. The minimum Gasteiger partial charge on any atom is -0.295 e. The molecule has 1 aliphatic heterocycles. The summed E-state index contributed by atoms with van der Waals surface area (Å²) in [4.78, 5) is 2.60. The molecule has 1 fully saturated rings. The molecule has 1 heterocycles. The second-order valence-electron chi connectivity index (χ2n) is 3.49. The van der Waals surface area contributed by atoms with Crippen molar-refractivity contribution in [1.29, 1.82) is 0 Å². The number of rotatable bonds is 1. The van der Waals surface area contributed by atoms with Crippen LogP contribution < -0.4 is 0 Å². The number of hydrogen-bond acceptors (Lipinski definition) is 1. The summed E-state index contributed by atoms with van der Waals surface area (Å²) in [6.45, 7) is 2.43. The van der Waals surface area contributed by atoms with E-state index in [2.05, 4.69) is 26.9 Å². The summed E-state index contributed by atoms with van der Waals surface area (Å²) in [5.74, 6) is 0. The maximum atomic E-state index is 3.57. The van der Waals surface area contributed by atoms with Crippen LogP contribution in [-0.2, 0) is 0 Å². The van der Waals surface area contributed by atoms with E-state index in [0.29, 0.717) is 0 Å². The van der Waals surface area contributed by atoms with Gasteiger partial charge in [-0.05, 0) is 19.3 Å². The summed E-state index contributed by atoms with van der Waals surface area (Å²) >= 11 is 3.57. The van der Waals surface area contributed by atoms with Crippen molar-refractivity contribution in [3.8, 4) is 0 Å². The molecule has 1 saturated carbocycles. The van der Waals surface area contributed by atoms with Crippen molar-refractivity contribution in [1.82, 2.24) is 4.90 Å². The summed E-state index contributed by atoms with van der Waals surface area (Å²) in [6.07, 6.45) is 7.84. The molecule has 0 aromatic carbocycles. The normalized spacial score (nSPS) is 27.9. The van der Waals surface area contributed by atoms with Gasteiger partial charge >= 0.3 is 0 Å². The monoisotopic (exact) mass is 215 g/mol. The second-order valence-corrected chi connectivity index (χ2v) is 4.51. The van der Waals surface area contributed by atoms with E-state index in [1.54, 1.807) is 0 Å². The molecule has 0 aromatic heterocycles. The van der Waals surface area contributed by atoms with Crippen LogP contribution in [-0.4, -0.2) is 24.0 Å². The minimum absolute atomic E-state index is 0.913. The first-order chi connectivity index (χ1) is 5.36. The first kappa shape index (κ1) is 7.81. The standard InChI is InChI=1S/C9H14BrN/c10-8-3-2-6-11(7-8)9-4-1-5-9/h3,9H,1-2,4-7H2. The van der Waals surface area contributed by atoms with E-state index in [1.165, 1.54) is 36.7 Å². The predicted octanol–water partition coefficient (Wildman–Crippen LogP) is 2.52. The first-order valence-corrected chi connectivity index (χ1v) is 5.24. The van der Waals surface area contributed by atoms with Crippen molar-refractivity contribution in [3.63, 3.8) is 0 Å². The van der Waals surface area contributed by atoms with Crippen LogP contribution in [0.3, 0.4) is 0 Å². The fourth-order valence-corrected chi connectivity index (χ4v) is 2.34. The maximum absolute atomic E-state index is 3.57. The Hall–Kier alpha value is 0.180. The van der Waals surface area contributed by atoms with E-state index in [-0.39, 0.29) is 0 Å². The van der Waals surface area contributed by atoms with Crippen molar-refractivity contribution < 1.29 is 0 Å². The summed E-state index contributed by atoms with van der Waals surface area (Å²) < 4.78 is 1.38. The van der Waals surface area contributed by atoms with Crippen LogP contribution in [0, 0.1) is 0 Å². The van der Waals surface area contributed by atoms with Gasteiger partial charge in [0.05, 0.1) is 0 Å². The van der Waals surface area contributed by atoms with Gasteiger partial charge in [-0.25, -0.2) is 0 Å². The molecule has 0 radical (unpaired) electrons. The Balaban J connectivity index is 1.90. The van der Waals surface area contributed by atoms with E-state index in [4.69, 9.17) is 0 Å². The van der Waals surface area contributed by atoms with Gasteiger partial charge in [0.25, 0.3) is 0 Å². The predicted molar refractivity (Wildman–Crippen MR) is 50.8 cm³/mol. The molecule has 0 N–H and O–H groups in total. The van der Waals surface area contributed by atoms with Crippen LogP contribution in [0.4, 0.5) is 0 Å². The highest BCUT2D eigenvalue weighted by atomic mass is 79.9. The van der Waals surface area contributed by atoms with Gasteiger partial charge in [0.1, 0.15) is 0 Å². The quantitative estimate of drug-likeness (QED) is 0.651. The number of hydrogen-bond donors (Lipinski definition) is 0. The minimum atomic E-state index is 0.913. The van der Waals surface area contributed by atoms with Gasteiger partial charge < -0.3 is 0 Å². The molecular weight excluding hydrogens is 202 g/mol. The van der Waals surface area contributed by atoms with Gasteiger partial charge in [0.2, 0.25) is 0 Å². The number of halogens is 1. The second kappa shape index (κ2) is 3.28. The zero-order chi connectivity index (χ0) is 7.68. The summed E-state index contributed by atoms with van der Waals surface area (Å²) in [5, 5.41) is 0. The van der Waals surface area contributed by atoms with E-state index in [0.717, 1.165) is 12.6 Å². The SMILES string of the molecule is BrC1=CCCN(C2CCC2)C1. The van der Waals surface area contributed by atoms with E-state index < -0.39 is 0 Å². The molecule has 11 heavy (non-hydrogen) atoms. The highest BCUT2D eigenvalue weighted by molar-refractivity contribution is 9.11. The average Bonchev–Trinajstić information content (AvgIpc) is 1.83. The molecule has 2 rings (SSSR count). The third kappa shape index (κ3) is 1.67. The fraction of sp³-hybridized carbons (Fsp3) is 0.778. The Morgan fingerprint density at radius 2 is 2.27 bits per heavy atom. The van der Waals surface area contributed by atoms with Gasteiger partial charge in [-0.2, -0.15) is 0 Å². The van der Waals surface area contributed by atoms with Gasteiger partial charge in [0, 0.05) is 23.6 Å². The molecule has 2 heteroatoms. The van der Waals surface area contributed by atoms with Crippen molar-refractivity contribution >= 4 is 15.9 Å². The molecule has 0 bridgehead atoms. The zero-order valence-corrected chi connectivity index (χ0v) is 8.31. The topological polar surface area (TPSA) is 3.24 Å². The summed E-state index contributed by atoms with van der Waals surface area (Å²) in [7, 11) is 0. The lowest BCUT2D eigenvalue weighted by Crippen LogP contribution is -2.42. The first-order valence-electron chi connectivity index (χ1n) is 4.45. The van der Waals surface area contributed by atoms with E-state index in [1.807, 2.05) is 0 Å². The van der Waals surface area contributed by atoms with Gasteiger partial charge in [-0.3, -0.25) is 4.90 Å². The van der Waals surface area contributed by atoms with Gasteiger partial charge in [-0.15, -0.1) is 0 Å². The van der Waals surface area contributed by atoms with Crippen LogP contribution >= 0.6 is 15.9 Å². The molecule has 1 aliphatic carbocycles. The van der Waals surface area contributed by atoms with Crippen molar-refractivity contribution in [2.75, 3.05) is 13.1 Å². The van der Waals surface area contributed by atoms with Crippen molar-refractivity contribution in [3.05, 3.63) is 10.6 Å². The molecule has 0 amide bonds. The van der Waals surface area contributed by atoms with Gasteiger partial charge in [-0.1, -0.05) is 28.4 Å². The molecule has 2 aliphatic rings. The van der Waals surface area contributed by atoms with Crippen LogP contribution in [0.1, 0.15) is 25.7 Å². The van der Waals surface area contributed by atoms with Gasteiger partial charge in [0.15, 0.2) is 0 Å². The summed E-state index contributed by atoms with van der Waals surface area (Å²) in [6, 6.07) is 0.913. The van der Waals surface area contributed by atoms with Crippen molar-refractivity contribution in [2.45, 2.75) is 31.7 Å².